The minimum atomic E-state index is -0.294. The van der Waals surface area contributed by atoms with Gasteiger partial charge in [-0.15, -0.1) is 5.10 Å². The molecule has 0 N–H and O–H groups in total. The molecule has 25 heavy (non-hydrogen) atoms. The van der Waals surface area contributed by atoms with Gasteiger partial charge in [-0.25, -0.2) is 4.68 Å². The van der Waals surface area contributed by atoms with Gasteiger partial charge in [-0.1, -0.05) is 23.4 Å². The molecule has 0 unspecified atom stereocenters. The van der Waals surface area contributed by atoms with Crippen LogP contribution in [0.1, 0.15) is 5.56 Å². The summed E-state index contributed by atoms with van der Waals surface area (Å²) in [5.41, 5.74) is 3.36. The average Bonchev–Trinajstić information content (AvgIpc) is 3.03. The van der Waals surface area contributed by atoms with Crippen LogP contribution in [0.25, 0.3) is 16.9 Å². The molecular weight excluding hydrogens is 433 g/mol. The summed E-state index contributed by atoms with van der Waals surface area (Å²) in [5.74, 6) is 0.493. The van der Waals surface area contributed by atoms with Crippen molar-refractivity contribution in [2.45, 2.75) is 6.42 Å². The van der Waals surface area contributed by atoms with Crippen molar-refractivity contribution in [1.29, 1.82) is 0 Å². The summed E-state index contributed by atoms with van der Waals surface area (Å²) in [6.45, 7) is 0. The van der Waals surface area contributed by atoms with Crippen LogP contribution >= 0.6 is 22.6 Å². The first-order chi connectivity index (χ1) is 12.1. The lowest BCUT2D eigenvalue weighted by molar-refractivity contribution is -0.139. The summed E-state index contributed by atoms with van der Waals surface area (Å²) in [4.78, 5) is 11.7. The van der Waals surface area contributed by atoms with Gasteiger partial charge in [0.25, 0.3) is 0 Å². The number of ether oxygens (including phenoxy) is 2. The fourth-order valence-corrected chi connectivity index (χ4v) is 3.22. The van der Waals surface area contributed by atoms with Crippen LogP contribution in [0.3, 0.4) is 0 Å². The van der Waals surface area contributed by atoms with Gasteiger partial charge in [0.15, 0.2) is 0 Å². The first-order valence-electron chi connectivity index (χ1n) is 7.54. The highest BCUT2D eigenvalue weighted by molar-refractivity contribution is 14.1. The molecule has 2 aromatic carbocycles. The molecule has 0 aliphatic heterocycles. The van der Waals surface area contributed by atoms with E-state index in [1.54, 1.807) is 11.8 Å². The Hall–Kier alpha value is -2.42. The lowest BCUT2D eigenvalue weighted by atomic mass is 10.1. The number of halogens is 1. The number of benzene rings is 2. The molecule has 7 heteroatoms. The topological polar surface area (TPSA) is 66.2 Å². The zero-order chi connectivity index (χ0) is 17.8. The third-order valence-electron chi connectivity index (χ3n) is 3.76. The van der Waals surface area contributed by atoms with Crippen molar-refractivity contribution in [2.24, 2.45) is 0 Å². The van der Waals surface area contributed by atoms with Crippen molar-refractivity contribution in [3.05, 3.63) is 57.8 Å². The van der Waals surface area contributed by atoms with Crippen LogP contribution < -0.4 is 4.74 Å². The zero-order valence-electron chi connectivity index (χ0n) is 13.8. The van der Waals surface area contributed by atoms with E-state index in [1.165, 1.54) is 7.11 Å². The monoisotopic (exact) mass is 449 g/mol. The highest BCUT2D eigenvalue weighted by Gasteiger charge is 2.17. The van der Waals surface area contributed by atoms with Gasteiger partial charge in [-0.2, -0.15) is 0 Å². The van der Waals surface area contributed by atoms with Crippen LogP contribution in [0.2, 0.25) is 0 Å². The molecule has 3 aromatic rings. The Kier molecular flexibility index (Phi) is 5.32. The standard InChI is InChI=1S/C18H16IN3O3/c1-24-14-9-7-12(8-10-14)17-18(19)22(21-20-17)15-6-4-3-5-13(15)11-16(23)25-2/h3-10H,11H2,1-2H3. The number of aromatic nitrogens is 3. The molecule has 0 saturated carbocycles. The molecule has 0 spiro atoms. The number of carbonyl (C=O) groups is 1. The molecule has 0 fully saturated rings. The summed E-state index contributed by atoms with van der Waals surface area (Å²) in [6.07, 6.45) is 0.181. The van der Waals surface area contributed by atoms with Crippen molar-refractivity contribution < 1.29 is 14.3 Å². The molecule has 0 radical (unpaired) electrons. The van der Waals surface area contributed by atoms with Crippen LogP contribution in [0.15, 0.2) is 48.5 Å². The maximum absolute atomic E-state index is 11.7. The van der Waals surface area contributed by atoms with E-state index < -0.39 is 0 Å². The van der Waals surface area contributed by atoms with Crippen LogP contribution in [0.5, 0.6) is 5.75 Å². The van der Waals surface area contributed by atoms with Gasteiger partial charge < -0.3 is 9.47 Å². The highest BCUT2D eigenvalue weighted by Crippen LogP contribution is 2.27. The van der Waals surface area contributed by atoms with E-state index in [9.17, 15) is 4.79 Å². The second kappa shape index (κ2) is 7.64. The van der Waals surface area contributed by atoms with E-state index >= 15 is 0 Å². The minimum Gasteiger partial charge on any atom is -0.497 e. The van der Waals surface area contributed by atoms with Gasteiger partial charge in [-0.3, -0.25) is 4.79 Å². The normalized spacial score (nSPS) is 10.5. The van der Waals surface area contributed by atoms with Crippen molar-refractivity contribution in [2.75, 3.05) is 14.2 Å². The zero-order valence-corrected chi connectivity index (χ0v) is 15.9. The average molecular weight is 449 g/mol. The minimum absolute atomic E-state index is 0.181. The smallest absolute Gasteiger partial charge is 0.310 e. The van der Waals surface area contributed by atoms with E-state index in [0.29, 0.717) is 0 Å². The number of rotatable bonds is 5. The summed E-state index contributed by atoms with van der Waals surface area (Å²) in [7, 11) is 3.01. The third kappa shape index (κ3) is 3.65. The molecule has 6 nitrogen and oxygen atoms in total. The Balaban J connectivity index is 2.00. The van der Waals surface area contributed by atoms with Crippen LogP contribution in [-0.4, -0.2) is 35.2 Å². The lowest BCUT2D eigenvalue weighted by Gasteiger charge is -2.09. The third-order valence-corrected chi connectivity index (χ3v) is 4.73. The van der Waals surface area contributed by atoms with Gasteiger partial charge in [0, 0.05) is 5.56 Å². The number of nitrogens with zero attached hydrogens (tertiary/aromatic N) is 3. The van der Waals surface area contributed by atoms with Crippen molar-refractivity contribution in [3.63, 3.8) is 0 Å². The molecule has 128 valence electrons. The SMILES string of the molecule is COC(=O)Cc1ccccc1-n1nnc(-c2ccc(OC)cc2)c1I. The molecule has 3 rings (SSSR count). The lowest BCUT2D eigenvalue weighted by Crippen LogP contribution is -2.09. The maximum Gasteiger partial charge on any atom is 0.310 e. The molecule has 0 aliphatic rings. The van der Waals surface area contributed by atoms with Gasteiger partial charge in [0.05, 0.1) is 26.3 Å². The number of para-hydroxylation sites is 1. The summed E-state index contributed by atoms with van der Waals surface area (Å²) in [5, 5.41) is 8.58. The van der Waals surface area contributed by atoms with Crippen molar-refractivity contribution in [1.82, 2.24) is 15.0 Å². The first-order valence-corrected chi connectivity index (χ1v) is 8.62. The molecule has 0 bridgehead atoms. The number of methoxy groups -OCH3 is 2. The summed E-state index contributed by atoms with van der Waals surface area (Å²) in [6, 6.07) is 15.2. The number of hydrogen-bond acceptors (Lipinski definition) is 5. The predicted molar refractivity (Wildman–Crippen MR) is 102 cm³/mol. The van der Waals surface area contributed by atoms with E-state index in [2.05, 4.69) is 32.9 Å². The van der Waals surface area contributed by atoms with Crippen molar-refractivity contribution >= 4 is 28.6 Å². The largest absolute Gasteiger partial charge is 0.497 e. The number of esters is 1. The predicted octanol–water partition coefficient (Wildman–Crippen LogP) is 3.26. The summed E-state index contributed by atoms with van der Waals surface area (Å²) >= 11 is 2.21. The fraction of sp³-hybridized carbons (Fsp3) is 0.167. The number of carbonyl (C=O) groups excluding carboxylic acids is 1. The molecule has 0 atom stereocenters. The maximum atomic E-state index is 11.7. The van der Waals surface area contributed by atoms with E-state index in [-0.39, 0.29) is 12.4 Å². The first kappa shape index (κ1) is 17.4. The Morgan fingerprint density at radius 3 is 2.52 bits per heavy atom. The Morgan fingerprint density at radius 2 is 1.84 bits per heavy atom. The highest BCUT2D eigenvalue weighted by atomic mass is 127. The van der Waals surface area contributed by atoms with E-state index in [4.69, 9.17) is 9.47 Å². The van der Waals surface area contributed by atoms with Gasteiger partial charge >= 0.3 is 5.97 Å². The molecule has 0 aliphatic carbocycles. The van der Waals surface area contributed by atoms with Gasteiger partial charge in [-0.05, 0) is 58.5 Å². The Bertz CT molecular complexity index is 891. The Labute approximate surface area is 158 Å². The van der Waals surface area contributed by atoms with E-state index in [1.807, 2.05) is 48.5 Å². The van der Waals surface area contributed by atoms with Crippen LogP contribution in [0.4, 0.5) is 0 Å². The van der Waals surface area contributed by atoms with Gasteiger partial charge in [0.2, 0.25) is 0 Å². The second-order valence-corrected chi connectivity index (χ2v) is 6.27. The molecule has 1 aromatic heterocycles. The van der Waals surface area contributed by atoms with E-state index in [0.717, 1.165) is 32.0 Å². The molecular formula is C18H16IN3O3. The molecule has 0 amide bonds. The van der Waals surface area contributed by atoms with Gasteiger partial charge in [0.1, 0.15) is 15.1 Å². The Morgan fingerprint density at radius 1 is 1.12 bits per heavy atom. The van der Waals surface area contributed by atoms with Crippen LogP contribution in [-0.2, 0) is 16.0 Å². The fourth-order valence-electron chi connectivity index (χ4n) is 2.44. The number of hydrogen-bond donors (Lipinski definition) is 0. The molecule has 0 saturated heterocycles. The van der Waals surface area contributed by atoms with Crippen molar-refractivity contribution in [3.8, 4) is 22.7 Å². The second-order valence-electron chi connectivity index (χ2n) is 5.25. The quantitative estimate of drug-likeness (QED) is 0.442. The van der Waals surface area contributed by atoms with Crippen LogP contribution in [0, 0.1) is 3.70 Å². The molecule has 1 heterocycles. The summed E-state index contributed by atoms with van der Waals surface area (Å²) < 4.78 is 12.6.